The highest BCUT2D eigenvalue weighted by Gasteiger charge is 2.25. The first-order valence-corrected chi connectivity index (χ1v) is 4.68. The molecule has 74 valence electrons. The van der Waals surface area contributed by atoms with Crippen molar-refractivity contribution >= 4 is 0 Å². The normalized spacial score (nSPS) is 13.4. The van der Waals surface area contributed by atoms with Crippen molar-refractivity contribution in [1.29, 1.82) is 0 Å². The average molecular weight is 182 g/mol. The Morgan fingerprint density at radius 3 is 1.85 bits per heavy atom. The summed E-state index contributed by atoms with van der Waals surface area (Å²) >= 11 is 0. The molecule has 0 bridgehead atoms. The molecule has 0 fully saturated rings. The average Bonchev–Trinajstić information content (AvgIpc) is 2.28. The zero-order valence-electron chi connectivity index (χ0n) is 9.50. The Morgan fingerprint density at radius 2 is 1.62 bits per heavy atom. The summed E-state index contributed by atoms with van der Waals surface area (Å²) in [6.45, 7) is 12.9. The van der Waals surface area contributed by atoms with Crippen LogP contribution in [0.1, 0.15) is 41.5 Å². The van der Waals surface area contributed by atoms with Crippen LogP contribution in [0.25, 0.3) is 0 Å². The fourth-order valence-electron chi connectivity index (χ4n) is 0.982. The Labute approximate surface area is 80.4 Å². The van der Waals surface area contributed by atoms with Gasteiger partial charge in [-0.3, -0.25) is 0 Å². The van der Waals surface area contributed by atoms with Crippen LogP contribution in [0.2, 0.25) is 0 Å². The van der Waals surface area contributed by atoms with Crippen molar-refractivity contribution in [1.82, 2.24) is 9.67 Å². The molecular weight excluding hydrogens is 162 g/mol. The van der Waals surface area contributed by atoms with Crippen LogP contribution in [0.3, 0.4) is 0 Å². The van der Waals surface area contributed by atoms with Gasteiger partial charge in [0.05, 0.1) is 0 Å². The molecule has 0 aliphatic heterocycles. The highest BCUT2D eigenvalue weighted by Crippen LogP contribution is 2.11. The van der Waals surface area contributed by atoms with Crippen molar-refractivity contribution in [3.05, 3.63) is 12.7 Å². The molecule has 1 heterocycles. The lowest BCUT2D eigenvalue weighted by atomic mass is 10.1. The SMILES string of the molecule is CC(C)(C)n1cn[n+](C(C)(C)C)c1. The number of rotatable bonds is 0. The molecule has 0 spiro atoms. The van der Waals surface area contributed by atoms with E-state index in [-0.39, 0.29) is 11.1 Å². The minimum atomic E-state index is 0.0660. The summed E-state index contributed by atoms with van der Waals surface area (Å²) < 4.78 is 4.11. The van der Waals surface area contributed by atoms with E-state index >= 15 is 0 Å². The third kappa shape index (κ3) is 2.29. The highest BCUT2D eigenvalue weighted by molar-refractivity contribution is 4.73. The number of aromatic nitrogens is 3. The topological polar surface area (TPSA) is 21.7 Å². The maximum absolute atomic E-state index is 4.33. The summed E-state index contributed by atoms with van der Waals surface area (Å²) in [6, 6.07) is 0. The van der Waals surface area contributed by atoms with E-state index in [9.17, 15) is 0 Å². The van der Waals surface area contributed by atoms with Crippen molar-refractivity contribution in [3.63, 3.8) is 0 Å². The van der Waals surface area contributed by atoms with E-state index in [1.807, 2.05) is 11.0 Å². The molecule has 1 aromatic heterocycles. The molecule has 0 amide bonds. The van der Waals surface area contributed by atoms with Crippen molar-refractivity contribution < 1.29 is 4.68 Å². The lowest BCUT2D eigenvalue weighted by Gasteiger charge is -2.14. The van der Waals surface area contributed by atoms with E-state index < -0.39 is 0 Å². The Hall–Kier alpha value is -0.860. The van der Waals surface area contributed by atoms with Gasteiger partial charge in [0.2, 0.25) is 6.33 Å². The molecule has 3 heteroatoms. The van der Waals surface area contributed by atoms with Crippen LogP contribution in [-0.2, 0) is 11.1 Å². The predicted molar refractivity (Wildman–Crippen MR) is 52.4 cm³/mol. The van der Waals surface area contributed by atoms with Crippen LogP contribution >= 0.6 is 0 Å². The van der Waals surface area contributed by atoms with E-state index in [2.05, 4.69) is 57.5 Å². The molecule has 1 rings (SSSR count). The van der Waals surface area contributed by atoms with Crippen LogP contribution in [-0.4, -0.2) is 9.67 Å². The van der Waals surface area contributed by atoms with Crippen molar-refractivity contribution in [2.24, 2.45) is 0 Å². The van der Waals surface area contributed by atoms with Gasteiger partial charge in [0.15, 0.2) is 0 Å². The second-order valence-electron chi connectivity index (χ2n) is 5.44. The van der Waals surface area contributed by atoms with E-state index in [0.717, 1.165) is 0 Å². The van der Waals surface area contributed by atoms with Gasteiger partial charge >= 0.3 is 0 Å². The molecule has 0 saturated carbocycles. The first kappa shape index (κ1) is 10.2. The quantitative estimate of drug-likeness (QED) is 0.559. The van der Waals surface area contributed by atoms with Crippen molar-refractivity contribution in [3.8, 4) is 0 Å². The summed E-state index contributed by atoms with van der Waals surface area (Å²) in [6.07, 6.45) is 3.94. The molecule has 0 aliphatic carbocycles. The Kier molecular flexibility index (Phi) is 2.22. The van der Waals surface area contributed by atoms with Crippen LogP contribution in [0.4, 0.5) is 0 Å². The second-order valence-corrected chi connectivity index (χ2v) is 5.44. The summed E-state index contributed by atoms with van der Waals surface area (Å²) in [5, 5.41) is 4.33. The largest absolute Gasteiger partial charge is 0.266 e. The van der Waals surface area contributed by atoms with Gasteiger partial charge < -0.3 is 0 Å². The van der Waals surface area contributed by atoms with Gasteiger partial charge in [-0.05, 0) is 46.6 Å². The molecule has 0 atom stereocenters. The van der Waals surface area contributed by atoms with Gasteiger partial charge in [-0.2, -0.15) is 0 Å². The van der Waals surface area contributed by atoms with Crippen molar-refractivity contribution in [2.75, 3.05) is 0 Å². The zero-order valence-corrected chi connectivity index (χ0v) is 9.50. The standard InChI is InChI=1S/C10H20N3/c1-9(2,3)12-7-11-13(8-12)10(4,5)6/h7-8H,1-6H3/q+1. The van der Waals surface area contributed by atoms with Gasteiger partial charge in [0.1, 0.15) is 11.1 Å². The maximum Gasteiger partial charge on any atom is 0.266 e. The molecular formula is C10H20N3+. The van der Waals surface area contributed by atoms with E-state index in [0.29, 0.717) is 0 Å². The van der Waals surface area contributed by atoms with Gasteiger partial charge in [-0.15, -0.1) is 4.68 Å². The van der Waals surface area contributed by atoms with Gasteiger partial charge in [-0.25, -0.2) is 4.57 Å². The predicted octanol–water partition coefficient (Wildman–Crippen LogP) is 1.68. The minimum Gasteiger partial charge on any atom is -0.215 e. The summed E-state index contributed by atoms with van der Waals surface area (Å²) in [4.78, 5) is 0. The molecule has 0 aromatic carbocycles. The molecule has 0 saturated heterocycles. The van der Waals surface area contributed by atoms with Gasteiger partial charge in [0.25, 0.3) is 6.33 Å². The summed E-state index contributed by atoms with van der Waals surface area (Å²) in [7, 11) is 0. The van der Waals surface area contributed by atoms with Gasteiger partial charge in [-0.1, -0.05) is 0 Å². The fraction of sp³-hybridized carbons (Fsp3) is 0.800. The van der Waals surface area contributed by atoms with Gasteiger partial charge in [0, 0.05) is 0 Å². The van der Waals surface area contributed by atoms with Crippen LogP contribution in [0.5, 0.6) is 0 Å². The Bertz CT molecular complexity index is 257. The third-order valence-electron chi connectivity index (χ3n) is 2.00. The van der Waals surface area contributed by atoms with Crippen molar-refractivity contribution in [2.45, 2.75) is 52.6 Å². The number of hydrogen-bond acceptors (Lipinski definition) is 1. The smallest absolute Gasteiger partial charge is 0.215 e. The Morgan fingerprint density at radius 1 is 1.08 bits per heavy atom. The molecule has 0 radical (unpaired) electrons. The van der Waals surface area contributed by atoms with E-state index in [1.54, 1.807) is 0 Å². The number of hydrogen-bond donors (Lipinski definition) is 0. The molecule has 3 nitrogen and oxygen atoms in total. The zero-order chi connectivity index (χ0) is 10.3. The molecule has 0 N–H and O–H groups in total. The maximum atomic E-state index is 4.33. The molecule has 1 aromatic rings. The molecule has 0 aliphatic rings. The minimum absolute atomic E-state index is 0.0660. The number of nitrogens with zero attached hydrogens (tertiary/aromatic N) is 3. The van der Waals surface area contributed by atoms with Crippen LogP contribution in [0, 0.1) is 0 Å². The first-order valence-electron chi connectivity index (χ1n) is 4.68. The molecule has 13 heavy (non-hydrogen) atoms. The summed E-state index contributed by atoms with van der Waals surface area (Å²) in [5.41, 5.74) is 0.181. The summed E-state index contributed by atoms with van der Waals surface area (Å²) in [5.74, 6) is 0. The van der Waals surface area contributed by atoms with Crippen LogP contribution in [0.15, 0.2) is 12.7 Å². The Balaban J connectivity index is 3.01. The second kappa shape index (κ2) is 2.82. The van der Waals surface area contributed by atoms with Crippen LogP contribution < -0.4 is 4.68 Å². The lowest BCUT2D eigenvalue weighted by molar-refractivity contribution is -0.804. The third-order valence-corrected chi connectivity index (χ3v) is 2.00. The fourth-order valence-corrected chi connectivity index (χ4v) is 0.982. The first-order chi connectivity index (χ1) is 5.71. The van der Waals surface area contributed by atoms with E-state index in [4.69, 9.17) is 0 Å². The molecule has 0 unspecified atom stereocenters. The van der Waals surface area contributed by atoms with E-state index in [1.165, 1.54) is 0 Å². The highest BCUT2D eigenvalue weighted by atomic mass is 15.4. The monoisotopic (exact) mass is 182 g/mol. The lowest BCUT2D eigenvalue weighted by Crippen LogP contribution is -2.51.